The van der Waals surface area contributed by atoms with Gasteiger partial charge in [-0.15, -0.1) is 0 Å². The minimum atomic E-state index is -4.08. The molecule has 1 aromatic rings. The predicted molar refractivity (Wildman–Crippen MR) is 94.2 cm³/mol. The van der Waals surface area contributed by atoms with Gasteiger partial charge in [-0.1, -0.05) is 31.2 Å². The molecule has 1 aromatic carbocycles. The van der Waals surface area contributed by atoms with Gasteiger partial charge in [-0.3, -0.25) is 9.59 Å². The number of sulfonamides is 1. The molecule has 0 unspecified atom stereocenters. The van der Waals surface area contributed by atoms with E-state index in [4.69, 9.17) is 0 Å². The largest absolute Gasteiger partial charge is 0.295 e. The van der Waals surface area contributed by atoms with Crippen LogP contribution in [-0.2, 0) is 19.6 Å². The van der Waals surface area contributed by atoms with Crippen molar-refractivity contribution in [2.24, 2.45) is 5.41 Å². The van der Waals surface area contributed by atoms with Crippen LogP contribution < -0.4 is 0 Å². The van der Waals surface area contributed by atoms with Crippen molar-refractivity contribution in [3.05, 3.63) is 53.6 Å². The number of carbonyl (C=O) groups excluding carboxylic acids is 2. The second-order valence-electron chi connectivity index (χ2n) is 7.24. The molecule has 1 saturated heterocycles. The van der Waals surface area contributed by atoms with Crippen LogP contribution in [0.25, 0.3) is 0 Å². The van der Waals surface area contributed by atoms with E-state index in [-0.39, 0.29) is 22.7 Å². The number of ketones is 1. The van der Waals surface area contributed by atoms with Gasteiger partial charge in [0.05, 0.1) is 10.4 Å². The first-order valence-electron chi connectivity index (χ1n) is 8.03. The molecule has 0 saturated carbocycles. The Labute approximate surface area is 148 Å². The summed E-state index contributed by atoms with van der Waals surface area (Å²) in [6.07, 6.45) is 1.50. The molecule has 1 amide bonds. The van der Waals surface area contributed by atoms with Crippen LogP contribution in [0.1, 0.15) is 32.8 Å². The summed E-state index contributed by atoms with van der Waals surface area (Å²) in [6.45, 7) is 10.8. The normalized spacial score (nSPS) is 29.7. The zero-order valence-electron chi connectivity index (χ0n) is 14.8. The first-order chi connectivity index (χ1) is 11.5. The predicted octanol–water partition coefficient (Wildman–Crippen LogP) is 2.77. The summed E-state index contributed by atoms with van der Waals surface area (Å²) >= 11 is 0. The van der Waals surface area contributed by atoms with Crippen LogP contribution in [0.5, 0.6) is 0 Å². The lowest BCUT2D eigenvalue weighted by molar-refractivity contribution is -0.123. The van der Waals surface area contributed by atoms with Crippen molar-refractivity contribution in [3.8, 4) is 0 Å². The number of benzene rings is 1. The Hall–Kier alpha value is -2.21. The minimum absolute atomic E-state index is 0.0504. The molecule has 0 spiro atoms. The van der Waals surface area contributed by atoms with Gasteiger partial charge in [-0.05, 0) is 44.6 Å². The first kappa shape index (κ1) is 17.6. The van der Waals surface area contributed by atoms with Crippen LogP contribution in [0.2, 0.25) is 0 Å². The molecule has 0 N–H and O–H groups in total. The third-order valence-electron chi connectivity index (χ3n) is 5.82. The maximum Gasteiger partial charge on any atom is 0.267 e. The Balaban J connectivity index is 2.27. The van der Waals surface area contributed by atoms with E-state index in [1.807, 2.05) is 6.92 Å². The average Bonchev–Trinajstić information content (AvgIpc) is 2.67. The standard InChI is InChI=1S/C19H21NO4S/c1-12-6-8-16(9-7-12)25(23,24)20-17(22)14(3)18(4)11-15(21)10-13(2)19(18,20)5/h6-10H,3,11H2,1-2,4-5H3/t18-,19-/m1/s1. The SMILES string of the molecule is C=C1C(=O)N(S(=O)(=O)c2ccc(C)cc2)[C@]2(C)C(C)=CC(=O)C[C@]12C. The maximum absolute atomic E-state index is 13.3. The van der Waals surface area contributed by atoms with Gasteiger partial charge in [-0.2, -0.15) is 0 Å². The molecule has 132 valence electrons. The number of aryl methyl sites for hydroxylation is 1. The number of rotatable bonds is 2. The Kier molecular flexibility index (Phi) is 3.62. The summed E-state index contributed by atoms with van der Waals surface area (Å²) in [4.78, 5) is 25.1. The summed E-state index contributed by atoms with van der Waals surface area (Å²) in [7, 11) is -4.08. The van der Waals surface area contributed by atoms with Crippen LogP contribution in [0.3, 0.4) is 0 Å². The highest BCUT2D eigenvalue weighted by Gasteiger charge is 2.66. The lowest BCUT2D eigenvalue weighted by atomic mass is 9.62. The Morgan fingerprint density at radius 3 is 2.20 bits per heavy atom. The molecule has 5 nitrogen and oxygen atoms in total. The van der Waals surface area contributed by atoms with Crippen molar-refractivity contribution >= 4 is 21.7 Å². The first-order valence-corrected chi connectivity index (χ1v) is 9.47. The van der Waals surface area contributed by atoms with Crippen molar-refractivity contribution in [3.63, 3.8) is 0 Å². The van der Waals surface area contributed by atoms with E-state index in [0.29, 0.717) is 5.57 Å². The number of hydrogen-bond donors (Lipinski definition) is 0. The van der Waals surface area contributed by atoms with Crippen LogP contribution in [0.4, 0.5) is 0 Å². The van der Waals surface area contributed by atoms with Crippen molar-refractivity contribution in [1.82, 2.24) is 4.31 Å². The number of allylic oxidation sites excluding steroid dienone is 1. The van der Waals surface area contributed by atoms with Crippen LogP contribution in [-0.4, -0.2) is 30.0 Å². The zero-order valence-corrected chi connectivity index (χ0v) is 15.6. The molecule has 2 aliphatic rings. The highest BCUT2D eigenvalue weighted by atomic mass is 32.2. The molecule has 1 fully saturated rings. The molecule has 3 rings (SSSR count). The third kappa shape index (κ3) is 2.10. The van der Waals surface area contributed by atoms with Gasteiger partial charge >= 0.3 is 0 Å². The van der Waals surface area contributed by atoms with Crippen LogP contribution in [0, 0.1) is 12.3 Å². The topological polar surface area (TPSA) is 71.5 Å². The van der Waals surface area contributed by atoms with E-state index in [1.165, 1.54) is 18.2 Å². The molecule has 2 atom stereocenters. The Morgan fingerprint density at radius 2 is 1.64 bits per heavy atom. The zero-order chi connectivity index (χ0) is 18.8. The maximum atomic E-state index is 13.3. The van der Waals surface area contributed by atoms with Crippen molar-refractivity contribution in [1.29, 1.82) is 0 Å². The monoisotopic (exact) mass is 359 g/mol. The second-order valence-corrected chi connectivity index (χ2v) is 9.03. The van der Waals surface area contributed by atoms with Gasteiger partial charge in [0.2, 0.25) is 0 Å². The summed E-state index contributed by atoms with van der Waals surface area (Å²) in [6, 6.07) is 6.37. The van der Waals surface area contributed by atoms with E-state index in [9.17, 15) is 18.0 Å². The smallest absolute Gasteiger partial charge is 0.267 e. The van der Waals surface area contributed by atoms with E-state index in [1.54, 1.807) is 32.9 Å². The number of hydrogen-bond acceptors (Lipinski definition) is 4. The van der Waals surface area contributed by atoms with Gasteiger partial charge in [0.15, 0.2) is 5.78 Å². The lowest BCUT2D eigenvalue weighted by Gasteiger charge is -2.47. The molecule has 0 bridgehead atoms. The summed E-state index contributed by atoms with van der Waals surface area (Å²) in [5.74, 6) is -0.769. The molecule has 0 aromatic heterocycles. The lowest BCUT2D eigenvalue weighted by Crippen LogP contribution is -2.56. The fourth-order valence-electron chi connectivity index (χ4n) is 3.90. The summed E-state index contributed by atoms with van der Waals surface area (Å²) in [5.41, 5.74) is -0.483. The highest BCUT2D eigenvalue weighted by Crippen LogP contribution is 2.58. The second kappa shape index (κ2) is 5.14. The van der Waals surface area contributed by atoms with Gasteiger partial charge in [0, 0.05) is 17.4 Å². The fraction of sp³-hybridized carbons (Fsp3) is 0.368. The van der Waals surface area contributed by atoms with Crippen molar-refractivity contribution in [2.75, 3.05) is 0 Å². The molecule has 0 radical (unpaired) electrons. The fourth-order valence-corrected chi connectivity index (χ4v) is 5.75. The van der Waals surface area contributed by atoms with Crippen LogP contribution >= 0.6 is 0 Å². The summed E-state index contributed by atoms with van der Waals surface area (Å²) < 4.78 is 27.5. The molecule has 1 aliphatic carbocycles. The van der Waals surface area contributed by atoms with Gasteiger partial charge in [-0.25, -0.2) is 12.7 Å². The minimum Gasteiger partial charge on any atom is -0.295 e. The van der Waals surface area contributed by atoms with E-state index >= 15 is 0 Å². The molecular formula is C19H21NO4S. The molecule has 1 heterocycles. The molecule has 25 heavy (non-hydrogen) atoms. The van der Waals surface area contributed by atoms with Crippen LogP contribution in [0.15, 0.2) is 53.0 Å². The van der Waals surface area contributed by atoms with Gasteiger partial charge in [0.25, 0.3) is 15.9 Å². The number of amides is 1. The average molecular weight is 359 g/mol. The van der Waals surface area contributed by atoms with E-state index in [2.05, 4.69) is 6.58 Å². The molecular weight excluding hydrogens is 338 g/mol. The Bertz CT molecular complexity index is 942. The van der Waals surface area contributed by atoms with Gasteiger partial charge < -0.3 is 0 Å². The third-order valence-corrected chi connectivity index (χ3v) is 7.70. The highest BCUT2D eigenvalue weighted by molar-refractivity contribution is 7.89. The van der Waals surface area contributed by atoms with Crippen molar-refractivity contribution in [2.45, 2.75) is 44.6 Å². The Morgan fingerprint density at radius 1 is 1.08 bits per heavy atom. The number of fused-ring (bicyclic) bond motifs is 1. The van der Waals surface area contributed by atoms with E-state index in [0.717, 1.165) is 9.87 Å². The number of nitrogens with zero attached hydrogens (tertiary/aromatic N) is 1. The molecule has 1 aliphatic heterocycles. The quantitative estimate of drug-likeness (QED) is 0.761. The number of carbonyl (C=O) groups is 2. The molecule has 6 heteroatoms. The van der Waals surface area contributed by atoms with Gasteiger partial charge in [0.1, 0.15) is 0 Å². The van der Waals surface area contributed by atoms with E-state index < -0.39 is 26.9 Å². The summed E-state index contributed by atoms with van der Waals surface area (Å²) in [5, 5.41) is 0. The van der Waals surface area contributed by atoms with Crippen molar-refractivity contribution < 1.29 is 18.0 Å².